The minimum Gasteiger partial charge on any atom is -0.495 e. The van der Waals surface area contributed by atoms with Gasteiger partial charge in [-0.2, -0.15) is 0 Å². The molecule has 44 heavy (non-hydrogen) atoms. The number of anilines is 1. The van der Waals surface area contributed by atoms with Gasteiger partial charge < -0.3 is 31.4 Å². The highest BCUT2D eigenvalue weighted by Crippen LogP contribution is 2.48. The largest absolute Gasteiger partial charge is 0.495 e. The van der Waals surface area contributed by atoms with Crippen LogP contribution in [0.15, 0.2) is 41.4 Å². The van der Waals surface area contributed by atoms with E-state index >= 15 is 0 Å². The maximum Gasteiger partial charge on any atom is 0.251 e. The molecule has 0 radical (unpaired) electrons. The Bertz CT molecular complexity index is 1620. The molecule has 2 fully saturated rings. The summed E-state index contributed by atoms with van der Waals surface area (Å²) in [7, 11) is 1.49. The Kier molecular flexibility index (Phi) is 7.68. The number of carbonyl (C=O) groups excluding carboxylic acids is 2. The number of ether oxygens (including phenoxy) is 2. The molecule has 0 unspecified atom stereocenters. The third-order valence-corrected chi connectivity index (χ3v) is 9.08. The van der Waals surface area contributed by atoms with E-state index in [1.54, 1.807) is 49.5 Å². The number of hydrogen-bond acceptors (Lipinski definition) is 8. The fraction of sp³-hybridized carbons (Fsp3) is 0.412. The summed E-state index contributed by atoms with van der Waals surface area (Å²) in [5.74, 6) is 0.0629. The molecular weight excluding hydrogens is 558 g/mol. The minimum absolute atomic E-state index is 0.0944. The molecule has 228 valence electrons. The predicted octanol–water partition coefficient (Wildman–Crippen LogP) is 3.31. The second-order valence-corrected chi connectivity index (χ2v) is 12.2. The number of primary amides is 1. The van der Waals surface area contributed by atoms with Gasteiger partial charge in [-0.25, -0.2) is 0 Å². The quantitative estimate of drug-likeness (QED) is 0.206. The van der Waals surface area contributed by atoms with Crippen LogP contribution in [0.2, 0.25) is 0 Å². The van der Waals surface area contributed by atoms with Crippen LogP contribution in [0.25, 0.3) is 0 Å². The van der Waals surface area contributed by atoms with E-state index in [1.165, 1.54) is 7.11 Å². The number of amides is 2. The molecule has 0 bridgehead atoms. The zero-order valence-electron chi connectivity index (χ0n) is 25.0. The zero-order valence-corrected chi connectivity index (χ0v) is 25.0. The van der Waals surface area contributed by atoms with E-state index in [1.807, 2.05) is 0 Å². The maximum atomic E-state index is 13.6. The molecule has 1 aromatic heterocycles. The Balaban J connectivity index is 1.39. The number of hydrogen-bond donors (Lipinski definition) is 4. The highest BCUT2D eigenvalue weighted by molar-refractivity contribution is 5.99. The van der Waals surface area contributed by atoms with Crippen molar-refractivity contribution in [3.63, 3.8) is 0 Å². The van der Waals surface area contributed by atoms with Crippen LogP contribution in [0, 0.1) is 12.1 Å². The Morgan fingerprint density at radius 1 is 1.25 bits per heavy atom. The van der Waals surface area contributed by atoms with E-state index in [2.05, 4.69) is 22.4 Å². The van der Waals surface area contributed by atoms with Crippen molar-refractivity contribution in [2.24, 2.45) is 10.7 Å². The van der Waals surface area contributed by atoms with Crippen LogP contribution < -0.4 is 26.3 Å². The zero-order chi connectivity index (χ0) is 31.1. The third-order valence-electron chi connectivity index (χ3n) is 9.08. The van der Waals surface area contributed by atoms with Gasteiger partial charge in [0.05, 0.1) is 36.8 Å². The van der Waals surface area contributed by atoms with E-state index in [4.69, 9.17) is 25.9 Å². The molecule has 6 N–H and O–H groups in total. The summed E-state index contributed by atoms with van der Waals surface area (Å²) in [6.45, 7) is 1.61. The number of nitrogens with two attached hydrogens (primary N) is 2. The first-order valence-corrected chi connectivity index (χ1v) is 15.0. The highest BCUT2D eigenvalue weighted by Gasteiger charge is 2.46. The molecule has 2 saturated carbocycles. The molecule has 2 atom stereocenters. The number of carbonyl (C=O) groups is 2. The van der Waals surface area contributed by atoms with Crippen molar-refractivity contribution >= 4 is 23.7 Å². The highest BCUT2D eigenvalue weighted by atomic mass is 16.5. The van der Waals surface area contributed by atoms with Crippen LogP contribution in [0.5, 0.6) is 11.5 Å². The van der Waals surface area contributed by atoms with Gasteiger partial charge in [0.1, 0.15) is 29.1 Å². The van der Waals surface area contributed by atoms with E-state index in [-0.39, 0.29) is 30.8 Å². The van der Waals surface area contributed by atoms with Gasteiger partial charge in [0.2, 0.25) is 5.91 Å². The summed E-state index contributed by atoms with van der Waals surface area (Å²) in [5.41, 5.74) is 12.6. The van der Waals surface area contributed by atoms with Crippen molar-refractivity contribution in [1.29, 1.82) is 0 Å². The Hall–Kier alpha value is -4.62. The van der Waals surface area contributed by atoms with Gasteiger partial charge >= 0.3 is 0 Å². The van der Waals surface area contributed by atoms with Crippen molar-refractivity contribution in [2.45, 2.75) is 68.4 Å². The molecule has 0 spiro atoms. The van der Waals surface area contributed by atoms with Crippen molar-refractivity contribution in [2.75, 3.05) is 26.0 Å². The number of fused-ring (bicyclic) bond motifs is 1. The van der Waals surface area contributed by atoms with Crippen LogP contribution in [-0.2, 0) is 15.8 Å². The van der Waals surface area contributed by atoms with Gasteiger partial charge in [-0.3, -0.25) is 19.6 Å². The van der Waals surface area contributed by atoms with Gasteiger partial charge in [0.15, 0.2) is 0 Å². The average molecular weight is 596 g/mol. The number of rotatable bonds is 10. The summed E-state index contributed by atoms with van der Waals surface area (Å²) >= 11 is 0. The van der Waals surface area contributed by atoms with Gasteiger partial charge in [-0.1, -0.05) is 25.0 Å². The molecule has 2 heterocycles. The number of aromatic nitrogens is 1. The fourth-order valence-electron chi connectivity index (χ4n) is 6.02. The second-order valence-electron chi connectivity index (χ2n) is 12.2. The van der Waals surface area contributed by atoms with Crippen molar-refractivity contribution in [3.8, 4) is 11.5 Å². The predicted molar refractivity (Wildman–Crippen MR) is 165 cm³/mol. The third kappa shape index (κ3) is 5.33. The molecule has 2 aliphatic carbocycles. The van der Waals surface area contributed by atoms with Gasteiger partial charge in [-0.15, -0.1) is 0 Å². The van der Waals surface area contributed by atoms with Crippen LogP contribution in [0.4, 0.5) is 5.69 Å². The van der Waals surface area contributed by atoms with Gasteiger partial charge in [0, 0.05) is 34.4 Å². The summed E-state index contributed by atoms with van der Waals surface area (Å²) < 4.78 is 11.5. The van der Waals surface area contributed by atoms with Crippen LogP contribution in [0.3, 0.4) is 0 Å². The maximum absolute atomic E-state index is 13.6. The number of aliphatic hydroxyl groups is 1. The molecule has 6 rings (SSSR count). The number of pyridine rings is 1. The van der Waals surface area contributed by atoms with Crippen LogP contribution in [0.1, 0.15) is 89.8 Å². The molecule has 2 amide bonds. The average Bonchev–Trinajstić information content (AvgIpc) is 3.57. The lowest BCUT2D eigenvalue weighted by molar-refractivity contribution is -0.123. The molecule has 3 aliphatic rings. The standard InChI is InChI=1S/C34H37N5O5/c1-33(32(36)41)19-44-30-25(33)16-27(39-29(30)20-8-6-7-9-20)34(42,23-10-4-3-5-11-23)18-38-31(40)21-14-22(17-37-24-12-13-24)28(35)26(15-21)43-2/h4,10-11,14-17,20,24,42H,6-9,12-13,18-19,35H2,1-2H3,(H2,36,41)(H,38,40)/t33-,34+/m0/s1. The van der Waals surface area contributed by atoms with E-state index in [0.717, 1.165) is 38.5 Å². The first-order chi connectivity index (χ1) is 21.1. The Morgan fingerprint density at radius 3 is 2.68 bits per heavy atom. The minimum atomic E-state index is -1.79. The first kappa shape index (κ1) is 29.5. The molecule has 1 aliphatic heterocycles. The summed E-state index contributed by atoms with van der Waals surface area (Å²) in [4.78, 5) is 35.8. The first-order valence-electron chi connectivity index (χ1n) is 15.0. The number of nitrogens with zero attached hydrogens (tertiary/aromatic N) is 2. The second kappa shape index (κ2) is 11.5. The topological polar surface area (TPSA) is 162 Å². The number of nitrogen functional groups attached to an aromatic ring is 1. The van der Waals surface area contributed by atoms with Crippen LogP contribution in [-0.4, -0.2) is 54.4 Å². The van der Waals surface area contributed by atoms with Crippen molar-refractivity contribution in [3.05, 3.63) is 82.2 Å². The number of methoxy groups -OCH3 is 1. The molecular formula is C34H37N5O5. The number of aliphatic imine (C=N–C) groups is 1. The SMILES string of the molecule is COc1cc(C(=O)NC[C@@](O)(c2cc#ccc2)c2cc3c(c(C4CCCC4)n2)OC[C@]3(C)C(N)=O)cc(C=NC2CC2)c1N. The molecule has 3 aromatic rings. The van der Waals surface area contributed by atoms with E-state index in [0.29, 0.717) is 45.1 Å². The van der Waals surface area contributed by atoms with Gasteiger partial charge in [0.25, 0.3) is 5.91 Å². The normalized spacial score (nSPS) is 20.9. The van der Waals surface area contributed by atoms with Crippen molar-refractivity contribution in [1.82, 2.24) is 10.3 Å². The smallest absolute Gasteiger partial charge is 0.251 e. The van der Waals surface area contributed by atoms with Gasteiger partial charge in [-0.05, 0) is 69.0 Å². The summed E-state index contributed by atoms with van der Waals surface area (Å²) in [6.07, 6.45) is 7.70. The monoisotopic (exact) mass is 595 g/mol. The van der Waals surface area contributed by atoms with Crippen molar-refractivity contribution < 1.29 is 24.2 Å². The lowest BCUT2D eigenvalue weighted by atomic mass is 9.80. The molecule has 2 aromatic carbocycles. The Labute approximate surface area is 256 Å². The summed E-state index contributed by atoms with van der Waals surface area (Å²) in [6, 6.07) is 15.9. The fourth-order valence-corrected chi connectivity index (χ4v) is 6.02. The van der Waals surface area contributed by atoms with Crippen LogP contribution >= 0.6 is 0 Å². The molecule has 10 nitrogen and oxygen atoms in total. The van der Waals surface area contributed by atoms with E-state index < -0.39 is 22.8 Å². The lowest BCUT2D eigenvalue weighted by Crippen LogP contribution is -2.43. The Morgan fingerprint density at radius 2 is 2.02 bits per heavy atom. The number of benzene rings is 1. The van der Waals surface area contributed by atoms with E-state index in [9.17, 15) is 14.7 Å². The summed E-state index contributed by atoms with van der Waals surface area (Å²) in [5, 5.41) is 15.4. The lowest BCUT2D eigenvalue weighted by Gasteiger charge is -2.30. The number of nitrogens with one attached hydrogen (secondary N) is 1. The molecule has 10 heteroatoms. The molecule has 0 saturated heterocycles.